The molecular weight excluding hydrogens is 328 g/mol. The quantitative estimate of drug-likeness (QED) is 0.567. The average Bonchev–Trinajstić information content (AvgIpc) is 2.34. The number of ether oxygens (including phenoxy) is 3. The molecule has 0 saturated heterocycles. The van der Waals surface area contributed by atoms with Crippen LogP contribution < -0.4 is 0 Å². The molecule has 0 N–H and O–H groups in total. The van der Waals surface area contributed by atoms with E-state index in [9.17, 15) is 44.7 Å². The number of carbonyl (C=O) groups excluding carboxylic acids is 2. The number of esters is 2. The van der Waals surface area contributed by atoms with Gasteiger partial charge in [-0.3, -0.25) is 4.74 Å². The minimum Gasteiger partial charge on any atom is -0.465 e. The van der Waals surface area contributed by atoms with Gasteiger partial charge in [-0.2, -0.15) is 35.1 Å². The molecule has 0 aliphatic rings. The molecule has 5 nitrogen and oxygen atoms in total. The minimum atomic E-state index is -6.49. The van der Waals surface area contributed by atoms with E-state index in [0.717, 1.165) is 0 Å². The Kier molecular flexibility index (Phi) is 5.17. The molecule has 0 aliphatic heterocycles. The zero-order chi connectivity index (χ0) is 17.3. The summed E-state index contributed by atoms with van der Waals surface area (Å²) in [5, 5.41) is 0. The molecule has 0 aromatic heterocycles. The van der Waals surface area contributed by atoms with E-state index in [1.807, 2.05) is 0 Å². The van der Waals surface area contributed by atoms with Crippen LogP contribution in [0.1, 0.15) is 0 Å². The average molecular weight is 334 g/mol. The van der Waals surface area contributed by atoms with Crippen molar-refractivity contribution in [3.63, 3.8) is 0 Å². The highest BCUT2D eigenvalue weighted by Crippen LogP contribution is 2.45. The van der Waals surface area contributed by atoms with Crippen molar-refractivity contribution in [3.05, 3.63) is 0 Å². The second-order valence-electron chi connectivity index (χ2n) is 3.27. The Morgan fingerprint density at radius 1 is 0.762 bits per heavy atom. The summed E-state index contributed by atoms with van der Waals surface area (Å²) in [5.41, 5.74) is 0. The first-order valence-corrected chi connectivity index (χ1v) is 4.55. The normalized spacial score (nSPS) is 16.1. The summed E-state index contributed by atoms with van der Waals surface area (Å²) in [7, 11) is 0.363. The molecule has 0 spiro atoms. The van der Waals surface area contributed by atoms with E-state index in [2.05, 4.69) is 14.2 Å². The minimum absolute atomic E-state index is 0.155. The molecule has 0 aromatic rings. The second kappa shape index (κ2) is 5.61. The first-order valence-electron chi connectivity index (χ1n) is 4.55. The van der Waals surface area contributed by atoms with Crippen molar-refractivity contribution in [2.45, 2.75) is 24.1 Å². The Hall–Kier alpha value is -1.66. The molecule has 0 aromatic carbocycles. The summed E-state index contributed by atoms with van der Waals surface area (Å²) >= 11 is 0. The number of rotatable bonds is 5. The first-order chi connectivity index (χ1) is 9.17. The van der Waals surface area contributed by atoms with Crippen LogP contribution in [0.3, 0.4) is 0 Å². The van der Waals surface area contributed by atoms with Crippen LogP contribution in [-0.4, -0.2) is 50.2 Å². The summed E-state index contributed by atoms with van der Waals surface area (Å²) in [6.45, 7) is 0. The molecular formula is C8H6F8O5. The van der Waals surface area contributed by atoms with Crippen LogP contribution in [0, 0.1) is 0 Å². The van der Waals surface area contributed by atoms with Crippen molar-refractivity contribution in [1.82, 2.24) is 0 Å². The third kappa shape index (κ3) is 3.33. The van der Waals surface area contributed by atoms with Gasteiger partial charge in [0.25, 0.3) is 0 Å². The van der Waals surface area contributed by atoms with E-state index in [-0.39, 0.29) is 14.2 Å². The van der Waals surface area contributed by atoms with Gasteiger partial charge < -0.3 is 9.47 Å². The molecule has 124 valence electrons. The maximum Gasteiger partial charge on any atom is 0.460 e. The Balaban J connectivity index is 5.75. The topological polar surface area (TPSA) is 61.8 Å². The predicted molar refractivity (Wildman–Crippen MR) is 44.9 cm³/mol. The Morgan fingerprint density at radius 2 is 1.14 bits per heavy atom. The summed E-state index contributed by atoms with van der Waals surface area (Å²) in [6.07, 6.45) is -12.9. The van der Waals surface area contributed by atoms with E-state index in [1.165, 1.54) is 0 Å². The standard InChI is InChI=1S/C8H6F8O5/c1-19-3(17)5(9,10)8(15,16)21-6(11,4(18)20-2)7(12,13)14/h1-2H3. The fraction of sp³-hybridized carbons (Fsp3) is 0.750. The van der Waals surface area contributed by atoms with Crippen molar-refractivity contribution in [2.75, 3.05) is 14.2 Å². The SMILES string of the molecule is COC(=O)C(F)(F)C(F)(F)OC(F)(C(=O)OC)C(F)(F)F. The monoisotopic (exact) mass is 334 g/mol. The Morgan fingerprint density at radius 3 is 1.43 bits per heavy atom. The van der Waals surface area contributed by atoms with E-state index in [1.54, 1.807) is 0 Å². The maximum atomic E-state index is 13.3. The van der Waals surface area contributed by atoms with E-state index in [0.29, 0.717) is 0 Å². The lowest BCUT2D eigenvalue weighted by molar-refractivity contribution is -0.433. The van der Waals surface area contributed by atoms with E-state index >= 15 is 0 Å². The molecule has 0 heterocycles. The molecule has 21 heavy (non-hydrogen) atoms. The summed E-state index contributed by atoms with van der Waals surface area (Å²) in [5.74, 6) is -18.0. The summed E-state index contributed by atoms with van der Waals surface area (Å²) in [4.78, 5) is 21.0. The number of methoxy groups -OCH3 is 2. The third-order valence-corrected chi connectivity index (χ3v) is 1.89. The van der Waals surface area contributed by atoms with Gasteiger partial charge in [0, 0.05) is 0 Å². The highest BCUT2D eigenvalue weighted by Gasteiger charge is 2.75. The number of carbonyl (C=O) groups is 2. The summed E-state index contributed by atoms with van der Waals surface area (Å²) < 4.78 is 110. The smallest absolute Gasteiger partial charge is 0.460 e. The van der Waals surface area contributed by atoms with Crippen LogP contribution in [0.15, 0.2) is 0 Å². The van der Waals surface area contributed by atoms with Gasteiger partial charge >= 0.3 is 36.0 Å². The zero-order valence-electron chi connectivity index (χ0n) is 10.1. The first kappa shape index (κ1) is 19.3. The Bertz CT molecular complexity index is 419. The summed E-state index contributed by atoms with van der Waals surface area (Å²) in [6, 6.07) is 0. The number of alkyl halides is 8. The molecule has 0 rings (SSSR count). The van der Waals surface area contributed by atoms with Crippen LogP contribution >= 0.6 is 0 Å². The van der Waals surface area contributed by atoms with E-state index < -0.39 is 36.0 Å². The van der Waals surface area contributed by atoms with Gasteiger partial charge in [0.1, 0.15) is 0 Å². The van der Waals surface area contributed by atoms with Gasteiger partial charge in [-0.25, -0.2) is 9.59 Å². The maximum absolute atomic E-state index is 13.3. The molecule has 1 atom stereocenters. The van der Waals surface area contributed by atoms with Crippen LogP contribution in [0.4, 0.5) is 35.1 Å². The predicted octanol–water partition coefficient (Wildman–Crippen LogP) is 1.81. The molecule has 0 aliphatic carbocycles. The highest BCUT2D eigenvalue weighted by molar-refractivity contribution is 5.80. The lowest BCUT2D eigenvalue weighted by Gasteiger charge is -2.31. The van der Waals surface area contributed by atoms with Crippen LogP contribution in [0.5, 0.6) is 0 Å². The molecule has 0 saturated carbocycles. The number of hydrogen-bond donors (Lipinski definition) is 0. The number of halogens is 8. The molecule has 0 radical (unpaired) electrons. The molecule has 0 fully saturated rings. The highest BCUT2D eigenvalue weighted by atomic mass is 19.4. The molecule has 1 unspecified atom stereocenters. The molecule has 13 heteroatoms. The van der Waals surface area contributed by atoms with E-state index in [4.69, 9.17) is 0 Å². The Labute approximate surface area is 110 Å². The zero-order valence-corrected chi connectivity index (χ0v) is 10.1. The van der Waals surface area contributed by atoms with Crippen molar-refractivity contribution < 1.29 is 58.9 Å². The second-order valence-corrected chi connectivity index (χ2v) is 3.27. The largest absolute Gasteiger partial charge is 0.465 e. The van der Waals surface area contributed by atoms with Crippen molar-refractivity contribution in [1.29, 1.82) is 0 Å². The van der Waals surface area contributed by atoms with Gasteiger partial charge in [0.05, 0.1) is 14.2 Å². The van der Waals surface area contributed by atoms with Crippen LogP contribution in [-0.2, 0) is 23.8 Å². The fourth-order valence-corrected chi connectivity index (χ4v) is 0.834. The third-order valence-electron chi connectivity index (χ3n) is 1.89. The van der Waals surface area contributed by atoms with Crippen LogP contribution in [0.25, 0.3) is 0 Å². The fourth-order valence-electron chi connectivity index (χ4n) is 0.834. The van der Waals surface area contributed by atoms with Gasteiger partial charge in [0.2, 0.25) is 0 Å². The van der Waals surface area contributed by atoms with Crippen LogP contribution in [0.2, 0.25) is 0 Å². The lowest BCUT2D eigenvalue weighted by Crippen LogP contribution is -2.60. The van der Waals surface area contributed by atoms with Crippen molar-refractivity contribution >= 4 is 11.9 Å². The van der Waals surface area contributed by atoms with Crippen molar-refractivity contribution in [2.24, 2.45) is 0 Å². The van der Waals surface area contributed by atoms with Gasteiger partial charge in [-0.1, -0.05) is 0 Å². The van der Waals surface area contributed by atoms with Gasteiger partial charge in [-0.15, -0.1) is 0 Å². The molecule has 0 bridgehead atoms. The molecule has 0 amide bonds. The van der Waals surface area contributed by atoms with Gasteiger partial charge in [0.15, 0.2) is 0 Å². The van der Waals surface area contributed by atoms with Crippen molar-refractivity contribution in [3.8, 4) is 0 Å². The van der Waals surface area contributed by atoms with Gasteiger partial charge in [-0.05, 0) is 0 Å². The number of hydrogen-bond acceptors (Lipinski definition) is 5. The lowest BCUT2D eigenvalue weighted by atomic mass is 10.2.